The Labute approximate surface area is 152 Å². The molecular formula is C18H16F2N4O3. The smallest absolute Gasteiger partial charge is 0.280 e. The summed E-state index contributed by atoms with van der Waals surface area (Å²) >= 11 is 0. The highest BCUT2D eigenvalue weighted by Gasteiger charge is 2.29. The first-order valence-corrected chi connectivity index (χ1v) is 8.33. The lowest BCUT2D eigenvalue weighted by atomic mass is 10.2. The van der Waals surface area contributed by atoms with E-state index in [0.717, 1.165) is 17.4 Å². The fraction of sp³-hybridized carbons (Fsp3) is 0.278. The molecule has 7 nitrogen and oxygen atoms in total. The Morgan fingerprint density at radius 3 is 2.81 bits per heavy atom. The summed E-state index contributed by atoms with van der Waals surface area (Å²) in [5.74, 6) is -0.187. The minimum Gasteiger partial charge on any atom is -0.506 e. The van der Waals surface area contributed by atoms with Gasteiger partial charge in [-0.3, -0.25) is 4.79 Å². The van der Waals surface area contributed by atoms with E-state index in [1.807, 2.05) is 0 Å². The maximum absolute atomic E-state index is 13.4. The van der Waals surface area contributed by atoms with Crippen molar-refractivity contribution in [2.45, 2.75) is 25.2 Å². The predicted octanol–water partition coefficient (Wildman–Crippen LogP) is 3.51. The molecule has 0 bridgehead atoms. The number of hydrogen-bond acceptors (Lipinski definition) is 5. The van der Waals surface area contributed by atoms with Crippen LogP contribution in [0.25, 0.3) is 5.65 Å². The molecule has 27 heavy (non-hydrogen) atoms. The Morgan fingerprint density at radius 2 is 2.15 bits per heavy atom. The van der Waals surface area contributed by atoms with Crippen LogP contribution in [-0.2, 0) is 0 Å². The van der Waals surface area contributed by atoms with E-state index in [1.165, 1.54) is 31.5 Å². The number of phenolic OH excluding ortho intramolecular Hbond substituents is 1. The zero-order chi connectivity index (χ0) is 19.1. The molecule has 3 aromatic rings. The van der Waals surface area contributed by atoms with Crippen LogP contribution in [-0.4, -0.2) is 32.7 Å². The molecule has 1 saturated carbocycles. The molecule has 0 unspecified atom stereocenters. The van der Waals surface area contributed by atoms with E-state index >= 15 is 0 Å². The van der Waals surface area contributed by atoms with Gasteiger partial charge < -0.3 is 15.2 Å². The second kappa shape index (κ2) is 6.49. The Hall–Kier alpha value is -3.23. The number of hydrogen-bond donors (Lipinski definition) is 2. The van der Waals surface area contributed by atoms with Crippen LogP contribution in [0.15, 0.2) is 30.5 Å². The van der Waals surface area contributed by atoms with Crippen molar-refractivity contribution in [2.75, 3.05) is 12.4 Å². The van der Waals surface area contributed by atoms with Crippen molar-refractivity contribution >= 4 is 17.2 Å². The number of ether oxygens (including phenoxy) is 1. The summed E-state index contributed by atoms with van der Waals surface area (Å²) in [5.41, 5.74) is 0.476. The van der Waals surface area contributed by atoms with Crippen molar-refractivity contribution < 1.29 is 23.4 Å². The molecule has 0 atom stereocenters. The van der Waals surface area contributed by atoms with Crippen molar-refractivity contribution in [1.29, 1.82) is 0 Å². The zero-order valence-electron chi connectivity index (χ0n) is 14.3. The second-order valence-corrected chi connectivity index (χ2v) is 6.31. The van der Waals surface area contributed by atoms with Crippen molar-refractivity contribution in [3.63, 3.8) is 0 Å². The standard InChI is InChI=1S/C18H16F2N4O3/c1-27-10-4-5-15(25)13(6-10)23-18(26)11-8-21-24-14(16(19)20)7-12(9-2-3-9)22-17(11)24/h4-9,16,25H,2-3H2,1H3,(H,23,26). The average molecular weight is 374 g/mol. The van der Waals surface area contributed by atoms with Gasteiger partial charge in [-0.05, 0) is 31.0 Å². The molecule has 1 aliphatic carbocycles. The maximum atomic E-state index is 13.4. The normalized spacial score (nSPS) is 13.9. The van der Waals surface area contributed by atoms with Crippen molar-refractivity contribution in [3.05, 3.63) is 47.4 Å². The third-order valence-electron chi connectivity index (χ3n) is 4.43. The summed E-state index contributed by atoms with van der Waals surface area (Å²) in [4.78, 5) is 17.1. The number of nitrogens with zero attached hydrogens (tertiary/aromatic N) is 3. The molecular weight excluding hydrogens is 358 g/mol. The number of anilines is 1. The van der Waals surface area contributed by atoms with Crippen LogP contribution in [0.5, 0.6) is 11.5 Å². The molecule has 1 aromatic carbocycles. The number of alkyl halides is 2. The van der Waals surface area contributed by atoms with Crippen molar-refractivity contribution in [3.8, 4) is 11.5 Å². The monoisotopic (exact) mass is 374 g/mol. The SMILES string of the molecule is COc1ccc(O)c(NC(=O)c2cnn3c(C(F)F)cc(C4CC4)nc23)c1. The Kier molecular flexibility index (Phi) is 4.14. The van der Waals surface area contributed by atoms with Gasteiger partial charge in [0, 0.05) is 17.7 Å². The van der Waals surface area contributed by atoms with Crippen LogP contribution >= 0.6 is 0 Å². The summed E-state index contributed by atoms with van der Waals surface area (Å²) in [6.07, 6.45) is 0.224. The zero-order valence-corrected chi connectivity index (χ0v) is 14.3. The number of rotatable bonds is 5. The Morgan fingerprint density at radius 1 is 1.37 bits per heavy atom. The van der Waals surface area contributed by atoms with Crippen molar-refractivity contribution in [2.24, 2.45) is 0 Å². The molecule has 2 heterocycles. The molecule has 4 rings (SSSR count). The number of phenols is 1. The molecule has 0 spiro atoms. The third-order valence-corrected chi connectivity index (χ3v) is 4.43. The van der Waals surface area contributed by atoms with Gasteiger partial charge in [-0.1, -0.05) is 0 Å². The number of carbonyl (C=O) groups excluding carboxylic acids is 1. The number of aromatic hydroxyl groups is 1. The Bertz CT molecular complexity index is 1030. The number of carbonyl (C=O) groups is 1. The summed E-state index contributed by atoms with van der Waals surface area (Å²) in [6, 6.07) is 5.71. The first kappa shape index (κ1) is 17.2. The van der Waals surface area contributed by atoms with Crippen LogP contribution in [0.2, 0.25) is 0 Å². The van der Waals surface area contributed by atoms with Gasteiger partial charge in [0.2, 0.25) is 0 Å². The molecule has 0 saturated heterocycles. The highest BCUT2D eigenvalue weighted by atomic mass is 19.3. The topological polar surface area (TPSA) is 88.8 Å². The van der Waals surface area contributed by atoms with E-state index in [1.54, 1.807) is 6.07 Å². The van der Waals surface area contributed by atoms with E-state index in [0.29, 0.717) is 11.4 Å². The largest absolute Gasteiger partial charge is 0.506 e. The predicted molar refractivity (Wildman–Crippen MR) is 92.5 cm³/mol. The third kappa shape index (κ3) is 3.16. The summed E-state index contributed by atoms with van der Waals surface area (Å²) in [5, 5.41) is 16.4. The van der Waals surface area contributed by atoms with Gasteiger partial charge in [0.25, 0.3) is 12.3 Å². The molecule has 2 aromatic heterocycles. The van der Waals surface area contributed by atoms with Gasteiger partial charge in [0.15, 0.2) is 5.65 Å². The van der Waals surface area contributed by atoms with E-state index in [2.05, 4.69) is 15.4 Å². The quantitative estimate of drug-likeness (QED) is 0.667. The van der Waals surface area contributed by atoms with E-state index in [9.17, 15) is 18.7 Å². The van der Waals surface area contributed by atoms with Gasteiger partial charge in [-0.15, -0.1) is 0 Å². The highest BCUT2D eigenvalue weighted by Crippen LogP contribution is 2.40. The lowest BCUT2D eigenvalue weighted by molar-refractivity contribution is 0.102. The summed E-state index contributed by atoms with van der Waals surface area (Å²) in [6.45, 7) is 0. The summed E-state index contributed by atoms with van der Waals surface area (Å²) < 4.78 is 32.9. The van der Waals surface area contributed by atoms with Gasteiger partial charge >= 0.3 is 0 Å². The van der Waals surface area contributed by atoms with Crippen LogP contribution < -0.4 is 10.1 Å². The van der Waals surface area contributed by atoms with Gasteiger partial charge in [0.1, 0.15) is 22.8 Å². The number of amides is 1. The average Bonchev–Trinajstić information content (AvgIpc) is 3.41. The molecule has 0 aliphatic heterocycles. The van der Waals surface area contributed by atoms with E-state index < -0.39 is 12.3 Å². The number of halogens is 2. The van der Waals surface area contributed by atoms with E-state index in [4.69, 9.17) is 4.74 Å². The fourth-order valence-electron chi connectivity index (χ4n) is 2.84. The van der Waals surface area contributed by atoms with Gasteiger partial charge in [0.05, 0.1) is 19.0 Å². The number of benzene rings is 1. The van der Waals surface area contributed by atoms with Crippen LogP contribution in [0.4, 0.5) is 14.5 Å². The minimum absolute atomic E-state index is 0.0432. The fourth-order valence-corrected chi connectivity index (χ4v) is 2.84. The Balaban J connectivity index is 1.74. The van der Waals surface area contributed by atoms with Gasteiger partial charge in [-0.2, -0.15) is 5.10 Å². The summed E-state index contributed by atoms with van der Waals surface area (Å²) in [7, 11) is 1.46. The number of aromatic nitrogens is 3. The molecule has 1 aliphatic rings. The number of methoxy groups -OCH3 is 1. The highest BCUT2D eigenvalue weighted by molar-refractivity contribution is 6.08. The molecule has 1 amide bonds. The van der Waals surface area contributed by atoms with Crippen LogP contribution in [0.3, 0.4) is 0 Å². The first-order chi connectivity index (χ1) is 13.0. The molecule has 0 radical (unpaired) electrons. The van der Waals surface area contributed by atoms with Crippen molar-refractivity contribution in [1.82, 2.24) is 14.6 Å². The lowest BCUT2D eigenvalue weighted by Gasteiger charge is -2.09. The number of nitrogens with one attached hydrogen (secondary N) is 1. The lowest BCUT2D eigenvalue weighted by Crippen LogP contribution is -2.13. The van der Waals surface area contributed by atoms with E-state index in [-0.39, 0.29) is 34.3 Å². The minimum atomic E-state index is -2.74. The van der Waals surface area contributed by atoms with Crippen LogP contribution in [0, 0.1) is 0 Å². The molecule has 2 N–H and O–H groups in total. The maximum Gasteiger partial charge on any atom is 0.280 e. The van der Waals surface area contributed by atoms with Crippen LogP contribution in [0.1, 0.15) is 46.9 Å². The molecule has 1 fully saturated rings. The van der Waals surface area contributed by atoms with Gasteiger partial charge in [-0.25, -0.2) is 18.3 Å². The second-order valence-electron chi connectivity index (χ2n) is 6.31. The number of fused-ring (bicyclic) bond motifs is 1. The molecule has 9 heteroatoms. The molecule has 140 valence electrons. The first-order valence-electron chi connectivity index (χ1n) is 8.33.